The third-order valence-corrected chi connectivity index (χ3v) is 2.97. The van der Waals surface area contributed by atoms with Crippen molar-refractivity contribution >= 4 is 21.9 Å². The van der Waals surface area contributed by atoms with Gasteiger partial charge in [-0.25, -0.2) is 4.79 Å². The summed E-state index contributed by atoms with van der Waals surface area (Å²) < 4.78 is 2.29. The van der Waals surface area contributed by atoms with Gasteiger partial charge in [0.15, 0.2) is 0 Å². The highest BCUT2D eigenvalue weighted by Gasteiger charge is 2.24. The van der Waals surface area contributed by atoms with Crippen LogP contribution in [0.15, 0.2) is 10.8 Å². The molecule has 0 radical (unpaired) electrons. The van der Waals surface area contributed by atoms with Crippen molar-refractivity contribution in [2.75, 3.05) is 0 Å². The van der Waals surface area contributed by atoms with E-state index in [4.69, 9.17) is 5.11 Å². The third kappa shape index (κ3) is 1.75. The molecule has 0 aromatic carbocycles. The van der Waals surface area contributed by atoms with E-state index in [9.17, 15) is 4.79 Å². The van der Waals surface area contributed by atoms with E-state index < -0.39 is 5.97 Å². The Morgan fingerprint density at radius 2 is 2.46 bits per heavy atom. The minimum atomic E-state index is -0.936. The second-order valence-corrected chi connectivity index (χ2v) is 4.03. The van der Waals surface area contributed by atoms with Crippen LogP contribution in [-0.2, 0) is 6.54 Å². The minimum absolute atomic E-state index is 0.237. The number of aromatic carboxylic acids is 1. The van der Waals surface area contributed by atoms with Gasteiger partial charge in [0.2, 0.25) is 0 Å². The summed E-state index contributed by atoms with van der Waals surface area (Å²) in [5, 5.41) is 12.8. The molecule has 0 atom stereocenters. The smallest absolute Gasteiger partial charge is 0.340 e. The zero-order chi connectivity index (χ0) is 9.42. The molecule has 0 amide bonds. The van der Waals surface area contributed by atoms with Crippen LogP contribution in [0, 0.1) is 5.92 Å². The molecule has 70 valence electrons. The van der Waals surface area contributed by atoms with Crippen molar-refractivity contribution in [2.24, 2.45) is 5.92 Å². The van der Waals surface area contributed by atoms with E-state index in [0.717, 1.165) is 6.54 Å². The lowest BCUT2D eigenvalue weighted by Gasteiger charge is -2.00. The van der Waals surface area contributed by atoms with E-state index in [1.165, 1.54) is 19.0 Å². The maximum atomic E-state index is 10.7. The highest BCUT2D eigenvalue weighted by atomic mass is 79.9. The van der Waals surface area contributed by atoms with E-state index in [-0.39, 0.29) is 5.56 Å². The molecule has 1 N–H and O–H groups in total. The first kappa shape index (κ1) is 8.74. The number of aromatic nitrogens is 2. The topological polar surface area (TPSA) is 55.1 Å². The molecule has 1 saturated carbocycles. The van der Waals surface area contributed by atoms with Gasteiger partial charge < -0.3 is 5.11 Å². The molecular weight excluding hydrogens is 236 g/mol. The van der Waals surface area contributed by atoms with Gasteiger partial charge in [0, 0.05) is 6.54 Å². The Morgan fingerprint density at radius 1 is 1.77 bits per heavy atom. The summed E-state index contributed by atoms with van der Waals surface area (Å²) in [6.45, 7) is 0.827. The second kappa shape index (κ2) is 3.14. The fourth-order valence-corrected chi connectivity index (χ4v) is 1.69. The fraction of sp³-hybridized carbons (Fsp3) is 0.500. The molecule has 1 aliphatic rings. The largest absolute Gasteiger partial charge is 0.478 e. The highest BCUT2D eigenvalue weighted by Crippen LogP contribution is 2.31. The zero-order valence-electron chi connectivity index (χ0n) is 6.90. The first-order valence-corrected chi connectivity index (χ1v) is 4.92. The van der Waals surface area contributed by atoms with Crippen molar-refractivity contribution in [3.63, 3.8) is 0 Å². The second-order valence-electron chi connectivity index (χ2n) is 3.28. The van der Waals surface area contributed by atoms with Gasteiger partial charge in [0.1, 0.15) is 10.2 Å². The fourth-order valence-electron chi connectivity index (χ4n) is 1.19. The van der Waals surface area contributed by atoms with Gasteiger partial charge in [0.25, 0.3) is 0 Å². The predicted molar refractivity (Wildman–Crippen MR) is 49.6 cm³/mol. The normalized spacial score (nSPS) is 16.1. The standard InChI is InChI=1S/C8H9BrN2O2/c9-7-6(8(12)13)3-10-11(7)4-5-1-2-5/h3,5H,1-2,4H2,(H,12,13). The van der Waals surface area contributed by atoms with Crippen LogP contribution in [0.3, 0.4) is 0 Å². The van der Waals surface area contributed by atoms with Crippen LogP contribution < -0.4 is 0 Å². The molecule has 1 heterocycles. The Morgan fingerprint density at radius 3 is 2.92 bits per heavy atom. The molecule has 0 spiro atoms. The van der Waals surface area contributed by atoms with E-state index in [1.807, 2.05) is 0 Å². The quantitative estimate of drug-likeness (QED) is 0.882. The average molecular weight is 245 g/mol. The molecule has 1 aliphatic carbocycles. The Hall–Kier alpha value is -0.840. The summed E-state index contributed by atoms with van der Waals surface area (Å²) in [4.78, 5) is 10.7. The summed E-state index contributed by atoms with van der Waals surface area (Å²) in [5.41, 5.74) is 0.237. The van der Waals surface area contributed by atoms with Crippen molar-refractivity contribution < 1.29 is 9.90 Å². The molecule has 1 aromatic rings. The molecule has 1 fully saturated rings. The van der Waals surface area contributed by atoms with Crippen molar-refractivity contribution in [3.05, 3.63) is 16.4 Å². The zero-order valence-corrected chi connectivity index (χ0v) is 8.49. The molecule has 0 saturated heterocycles. The number of halogens is 1. The molecule has 0 aliphatic heterocycles. The number of hydrogen-bond donors (Lipinski definition) is 1. The molecule has 2 rings (SSSR count). The Kier molecular flexibility index (Phi) is 2.11. The maximum Gasteiger partial charge on any atom is 0.340 e. The van der Waals surface area contributed by atoms with Gasteiger partial charge in [-0.1, -0.05) is 0 Å². The van der Waals surface area contributed by atoms with Crippen molar-refractivity contribution in [2.45, 2.75) is 19.4 Å². The van der Waals surface area contributed by atoms with Crippen LogP contribution in [-0.4, -0.2) is 20.9 Å². The van der Waals surface area contributed by atoms with Gasteiger partial charge in [-0.2, -0.15) is 5.10 Å². The lowest BCUT2D eigenvalue weighted by molar-refractivity contribution is 0.0695. The molecule has 13 heavy (non-hydrogen) atoms. The van der Waals surface area contributed by atoms with Crippen LogP contribution in [0.2, 0.25) is 0 Å². The molecular formula is C8H9BrN2O2. The Labute approximate surface area is 83.7 Å². The Bertz CT molecular complexity index is 344. The van der Waals surface area contributed by atoms with Crippen molar-refractivity contribution in [1.82, 2.24) is 9.78 Å². The lowest BCUT2D eigenvalue weighted by Crippen LogP contribution is -2.03. The van der Waals surface area contributed by atoms with E-state index in [2.05, 4.69) is 21.0 Å². The van der Waals surface area contributed by atoms with Crippen LogP contribution in [0.5, 0.6) is 0 Å². The molecule has 0 bridgehead atoms. The summed E-state index contributed by atoms with van der Waals surface area (Å²) in [6.07, 6.45) is 3.85. The van der Waals surface area contributed by atoms with Crippen molar-refractivity contribution in [3.8, 4) is 0 Å². The SMILES string of the molecule is O=C(O)c1cnn(CC2CC2)c1Br. The minimum Gasteiger partial charge on any atom is -0.478 e. The number of hydrogen-bond acceptors (Lipinski definition) is 2. The van der Waals surface area contributed by atoms with Gasteiger partial charge in [0.05, 0.1) is 6.20 Å². The molecule has 5 heteroatoms. The van der Waals surface area contributed by atoms with E-state index >= 15 is 0 Å². The number of nitrogens with zero attached hydrogens (tertiary/aromatic N) is 2. The summed E-state index contributed by atoms with van der Waals surface area (Å²) in [7, 11) is 0. The van der Waals surface area contributed by atoms with Gasteiger partial charge in [-0.05, 0) is 34.7 Å². The number of carbonyl (C=O) groups is 1. The first-order chi connectivity index (χ1) is 6.18. The van der Waals surface area contributed by atoms with E-state index in [1.54, 1.807) is 4.68 Å². The summed E-state index contributed by atoms with van der Waals surface area (Å²) in [6, 6.07) is 0. The molecule has 4 nitrogen and oxygen atoms in total. The number of carboxylic acids is 1. The van der Waals surface area contributed by atoms with Crippen molar-refractivity contribution in [1.29, 1.82) is 0 Å². The maximum absolute atomic E-state index is 10.7. The number of rotatable bonds is 3. The summed E-state index contributed by atoms with van der Waals surface area (Å²) >= 11 is 3.23. The van der Waals surface area contributed by atoms with Crippen LogP contribution in [0.1, 0.15) is 23.2 Å². The third-order valence-electron chi connectivity index (χ3n) is 2.13. The van der Waals surface area contributed by atoms with Crippen LogP contribution >= 0.6 is 15.9 Å². The van der Waals surface area contributed by atoms with Gasteiger partial charge in [-0.15, -0.1) is 0 Å². The summed E-state index contributed by atoms with van der Waals surface area (Å²) in [5.74, 6) is -0.244. The van der Waals surface area contributed by atoms with E-state index in [0.29, 0.717) is 10.5 Å². The first-order valence-electron chi connectivity index (χ1n) is 4.13. The highest BCUT2D eigenvalue weighted by molar-refractivity contribution is 9.10. The van der Waals surface area contributed by atoms with Gasteiger partial charge in [-0.3, -0.25) is 4.68 Å². The number of carboxylic acid groups (broad SMARTS) is 1. The lowest BCUT2D eigenvalue weighted by atomic mass is 10.4. The predicted octanol–water partition coefficient (Wildman–Crippen LogP) is 1.75. The monoisotopic (exact) mass is 244 g/mol. The van der Waals surface area contributed by atoms with Crippen LogP contribution in [0.4, 0.5) is 0 Å². The Balaban J connectivity index is 2.21. The average Bonchev–Trinajstić information content (AvgIpc) is 2.78. The van der Waals surface area contributed by atoms with Gasteiger partial charge >= 0.3 is 5.97 Å². The molecule has 0 unspecified atom stereocenters. The van der Waals surface area contributed by atoms with Crippen LogP contribution in [0.25, 0.3) is 0 Å². The molecule has 1 aromatic heterocycles.